The summed E-state index contributed by atoms with van der Waals surface area (Å²) in [5, 5.41) is 25.5. The van der Waals surface area contributed by atoms with Gasteiger partial charge in [-0.2, -0.15) is 10.5 Å². The number of hydrogen-bond donors (Lipinski definition) is 2. The van der Waals surface area contributed by atoms with Crippen molar-refractivity contribution in [3.63, 3.8) is 0 Å². The fourth-order valence-corrected chi connectivity index (χ4v) is 2.09. The number of aromatic amines is 1. The number of methoxy groups -OCH3 is 1. The summed E-state index contributed by atoms with van der Waals surface area (Å²) in [7, 11) is 1.28. The molecular formula is C16H12N6O3. The minimum Gasteiger partial charge on any atom is -0.463 e. The fraction of sp³-hybridized carbons (Fsp3) is 0.0625. The Morgan fingerprint density at radius 3 is 2.92 bits per heavy atom. The molecule has 9 nitrogen and oxygen atoms in total. The number of carbonyl (C=O) groups is 1. The maximum absolute atomic E-state index is 11.5. The van der Waals surface area contributed by atoms with Crippen molar-refractivity contribution >= 4 is 17.2 Å². The molecule has 3 rings (SSSR count). The van der Waals surface area contributed by atoms with Gasteiger partial charge in [-0.05, 0) is 29.5 Å². The van der Waals surface area contributed by atoms with Crippen LogP contribution in [0.2, 0.25) is 0 Å². The van der Waals surface area contributed by atoms with Crippen LogP contribution in [0.4, 0.5) is 5.69 Å². The highest BCUT2D eigenvalue weighted by atomic mass is 16.5. The van der Waals surface area contributed by atoms with Crippen LogP contribution in [0.1, 0.15) is 16.4 Å². The highest BCUT2D eigenvalue weighted by Gasteiger charge is 2.14. The lowest BCUT2D eigenvalue weighted by molar-refractivity contribution is 0.0566. The molecular weight excluding hydrogens is 324 g/mol. The number of nitriles is 1. The molecule has 0 fully saturated rings. The van der Waals surface area contributed by atoms with Gasteiger partial charge in [-0.1, -0.05) is 12.1 Å². The van der Waals surface area contributed by atoms with Crippen molar-refractivity contribution in [1.82, 2.24) is 20.6 Å². The Hall–Kier alpha value is -3.93. The predicted molar refractivity (Wildman–Crippen MR) is 86.9 cm³/mol. The van der Waals surface area contributed by atoms with Crippen molar-refractivity contribution in [2.24, 2.45) is 0 Å². The summed E-state index contributed by atoms with van der Waals surface area (Å²) in [5.74, 6) is 0.209. The Morgan fingerprint density at radius 2 is 2.20 bits per heavy atom. The molecule has 0 spiro atoms. The second kappa shape index (κ2) is 7.10. The number of H-pyrrole nitrogens is 1. The third-order valence-corrected chi connectivity index (χ3v) is 3.26. The molecule has 124 valence electrons. The van der Waals surface area contributed by atoms with Crippen LogP contribution in [0.3, 0.4) is 0 Å². The van der Waals surface area contributed by atoms with Gasteiger partial charge in [0.15, 0.2) is 0 Å². The minimum absolute atomic E-state index is 0.104. The molecule has 0 saturated heterocycles. The number of para-hydroxylation sites is 1. The van der Waals surface area contributed by atoms with Gasteiger partial charge in [0, 0.05) is 17.5 Å². The van der Waals surface area contributed by atoms with E-state index < -0.39 is 5.97 Å². The highest BCUT2D eigenvalue weighted by molar-refractivity contribution is 5.88. The first-order valence-corrected chi connectivity index (χ1v) is 7.11. The third kappa shape index (κ3) is 3.37. The zero-order valence-electron chi connectivity index (χ0n) is 13.1. The smallest absolute Gasteiger partial charge is 0.373 e. The second-order valence-corrected chi connectivity index (χ2v) is 4.75. The van der Waals surface area contributed by atoms with Crippen molar-refractivity contribution in [3.8, 4) is 17.4 Å². The first-order valence-electron chi connectivity index (χ1n) is 7.11. The van der Waals surface area contributed by atoms with E-state index in [2.05, 4.69) is 30.7 Å². The van der Waals surface area contributed by atoms with Crippen LogP contribution in [0.5, 0.6) is 0 Å². The Bertz CT molecular complexity index is 952. The van der Waals surface area contributed by atoms with E-state index in [1.807, 2.05) is 24.3 Å². The summed E-state index contributed by atoms with van der Waals surface area (Å²) in [6.45, 7) is 0. The Balaban J connectivity index is 1.90. The van der Waals surface area contributed by atoms with Crippen LogP contribution in [0.15, 0.2) is 47.0 Å². The molecule has 2 N–H and O–H groups in total. The number of nitrogens with zero attached hydrogens (tertiary/aromatic N) is 4. The molecule has 0 unspecified atom stereocenters. The average Bonchev–Trinajstić information content (AvgIpc) is 3.34. The first-order chi connectivity index (χ1) is 12.2. The van der Waals surface area contributed by atoms with E-state index in [1.165, 1.54) is 19.4 Å². The summed E-state index contributed by atoms with van der Waals surface area (Å²) in [6, 6.07) is 12.5. The zero-order valence-corrected chi connectivity index (χ0v) is 13.1. The number of anilines is 1. The van der Waals surface area contributed by atoms with E-state index in [-0.39, 0.29) is 17.2 Å². The number of benzene rings is 1. The van der Waals surface area contributed by atoms with E-state index in [4.69, 9.17) is 4.42 Å². The van der Waals surface area contributed by atoms with Gasteiger partial charge in [-0.25, -0.2) is 4.79 Å². The molecule has 0 atom stereocenters. The number of tetrazole rings is 1. The van der Waals surface area contributed by atoms with Gasteiger partial charge in [-0.3, -0.25) is 0 Å². The second-order valence-electron chi connectivity index (χ2n) is 4.75. The summed E-state index contributed by atoms with van der Waals surface area (Å²) in [6.07, 6.45) is 1.47. The first kappa shape index (κ1) is 15.9. The Labute approximate surface area is 141 Å². The van der Waals surface area contributed by atoms with Crippen molar-refractivity contribution < 1.29 is 13.9 Å². The van der Waals surface area contributed by atoms with Crippen molar-refractivity contribution in [2.45, 2.75) is 0 Å². The maximum Gasteiger partial charge on any atom is 0.373 e. The lowest BCUT2D eigenvalue weighted by Crippen LogP contribution is -1.98. The lowest BCUT2D eigenvalue weighted by Gasteiger charge is -2.07. The minimum atomic E-state index is -0.555. The van der Waals surface area contributed by atoms with Gasteiger partial charge in [0.2, 0.25) is 11.6 Å². The Morgan fingerprint density at radius 1 is 1.36 bits per heavy atom. The molecule has 0 saturated carbocycles. The number of furan rings is 1. The van der Waals surface area contributed by atoms with Crippen LogP contribution < -0.4 is 5.32 Å². The van der Waals surface area contributed by atoms with E-state index in [0.717, 1.165) is 0 Å². The summed E-state index contributed by atoms with van der Waals surface area (Å²) in [5.41, 5.74) is 1.59. The summed E-state index contributed by atoms with van der Waals surface area (Å²) in [4.78, 5) is 11.5. The van der Waals surface area contributed by atoms with Crippen LogP contribution in [0, 0.1) is 11.3 Å². The normalized spacial score (nSPS) is 11.0. The number of hydrogen-bond acceptors (Lipinski definition) is 8. The van der Waals surface area contributed by atoms with E-state index in [1.54, 1.807) is 12.1 Å². The standard InChI is InChI=1S/C16H12N6O3/c1-24-16(23)14-7-6-13(25-14)11-4-2-3-5-12(11)18-9-10(8-17)15-19-21-22-20-15/h2-7,9,18H,1H3,(H,19,20,21,22). The summed E-state index contributed by atoms with van der Waals surface area (Å²) >= 11 is 0. The zero-order chi connectivity index (χ0) is 17.6. The number of nitrogens with one attached hydrogen (secondary N) is 2. The van der Waals surface area contributed by atoms with Gasteiger partial charge in [0.25, 0.3) is 0 Å². The molecule has 0 aliphatic heterocycles. The number of allylic oxidation sites excluding steroid dienone is 1. The number of rotatable bonds is 5. The quantitative estimate of drug-likeness (QED) is 0.536. The molecule has 9 heteroatoms. The molecule has 0 aliphatic rings. The lowest BCUT2D eigenvalue weighted by atomic mass is 10.1. The number of aromatic nitrogens is 4. The monoisotopic (exact) mass is 336 g/mol. The third-order valence-electron chi connectivity index (χ3n) is 3.26. The molecule has 2 aromatic heterocycles. The summed E-state index contributed by atoms with van der Waals surface area (Å²) < 4.78 is 10.2. The largest absolute Gasteiger partial charge is 0.463 e. The SMILES string of the molecule is COC(=O)c1ccc(-c2ccccc2NC=C(C#N)c2nn[nH]n2)o1. The fourth-order valence-electron chi connectivity index (χ4n) is 2.09. The van der Waals surface area contributed by atoms with E-state index in [0.29, 0.717) is 17.0 Å². The average molecular weight is 336 g/mol. The van der Waals surface area contributed by atoms with Crippen LogP contribution in [-0.4, -0.2) is 33.7 Å². The maximum atomic E-state index is 11.5. The predicted octanol–water partition coefficient (Wildman–Crippen LogP) is 2.22. The van der Waals surface area contributed by atoms with E-state index >= 15 is 0 Å². The number of ether oxygens (including phenoxy) is 1. The van der Waals surface area contributed by atoms with E-state index in [9.17, 15) is 10.1 Å². The van der Waals surface area contributed by atoms with Gasteiger partial charge in [0.1, 0.15) is 17.4 Å². The topological polar surface area (TPSA) is 130 Å². The molecule has 0 aliphatic carbocycles. The van der Waals surface area contributed by atoms with Crippen molar-refractivity contribution in [2.75, 3.05) is 12.4 Å². The van der Waals surface area contributed by atoms with Crippen molar-refractivity contribution in [3.05, 3.63) is 54.2 Å². The molecule has 25 heavy (non-hydrogen) atoms. The van der Waals surface area contributed by atoms with Gasteiger partial charge in [-0.15, -0.1) is 10.2 Å². The molecule has 1 aromatic carbocycles. The van der Waals surface area contributed by atoms with Gasteiger partial charge in [0.05, 0.1) is 7.11 Å². The Kier molecular flexibility index (Phi) is 4.53. The number of esters is 1. The van der Waals surface area contributed by atoms with Crippen LogP contribution >= 0.6 is 0 Å². The van der Waals surface area contributed by atoms with Gasteiger partial charge >= 0.3 is 5.97 Å². The highest BCUT2D eigenvalue weighted by Crippen LogP contribution is 2.30. The molecule has 2 heterocycles. The van der Waals surface area contributed by atoms with Crippen molar-refractivity contribution in [1.29, 1.82) is 5.26 Å². The molecule has 3 aromatic rings. The van der Waals surface area contributed by atoms with Gasteiger partial charge < -0.3 is 14.5 Å². The van der Waals surface area contributed by atoms with Crippen LogP contribution in [-0.2, 0) is 4.74 Å². The number of carbonyl (C=O) groups excluding carboxylic acids is 1. The molecule has 0 bridgehead atoms. The molecule has 0 radical (unpaired) electrons. The van der Waals surface area contributed by atoms with Crippen LogP contribution in [0.25, 0.3) is 16.9 Å². The molecule has 0 amide bonds.